The van der Waals surface area contributed by atoms with Crippen molar-refractivity contribution in [3.8, 4) is 0 Å². The first-order valence-corrected chi connectivity index (χ1v) is 11.5. The second kappa shape index (κ2) is 6.73. The van der Waals surface area contributed by atoms with E-state index in [9.17, 15) is 0 Å². The zero-order chi connectivity index (χ0) is 22.2. The molecule has 0 radical (unpaired) electrons. The average molecular weight is 432 g/mol. The molecule has 4 heterocycles. The molecular weight excluding hydrogens is 402 g/mol. The molecule has 2 aliphatic carbocycles. The Labute approximate surface area is 187 Å². The maximum Gasteiger partial charge on any atom is 0.230 e. The fourth-order valence-electron chi connectivity index (χ4n) is 6.06. The zero-order valence-electron chi connectivity index (χ0n) is 19.3. The van der Waals surface area contributed by atoms with Crippen molar-refractivity contribution in [1.29, 1.82) is 0 Å². The Morgan fingerprint density at radius 3 is 2.62 bits per heavy atom. The van der Waals surface area contributed by atoms with Gasteiger partial charge in [0.05, 0.1) is 11.4 Å². The van der Waals surface area contributed by atoms with E-state index in [1.165, 1.54) is 12.8 Å². The first-order chi connectivity index (χ1) is 15.4. The van der Waals surface area contributed by atoms with E-state index in [4.69, 9.17) is 14.5 Å². The van der Waals surface area contributed by atoms with Crippen LogP contribution in [-0.2, 0) is 0 Å². The number of aromatic nitrogens is 5. The normalized spacial score (nSPS) is 27.8. The van der Waals surface area contributed by atoms with Gasteiger partial charge in [0.2, 0.25) is 5.89 Å². The Kier molecular flexibility index (Phi) is 4.13. The number of aryl methyl sites for hydroxylation is 2. The molecule has 4 unspecified atom stereocenters. The van der Waals surface area contributed by atoms with Crippen LogP contribution in [0.4, 0.5) is 17.3 Å². The third kappa shape index (κ3) is 2.52. The topological polar surface area (TPSA) is 92.9 Å². The van der Waals surface area contributed by atoms with Gasteiger partial charge in [-0.15, -0.1) is 0 Å². The Morgan fingerprint density at radius 1 is 1.12 bits per heavy atom. The predicted octanol–water partition coefficient (Wildman–Crippen LogP) is 4.57. The van der Waals surface area contributed by atoms with Gasteiger partial charge in [0.1, 0.15) is 18.0 Å². The van der Waals surface area contributed by atoms with Crippen LogP contribution in [0.25, 0.3) is 0 Å². The zero-order valence-corrected chi connectivity index (χ0v) is 19.3. The molecule has 0 amide bonds. The van der Waals surface area contributed by atoms with Gasteiger partial charge in [-0.2, -0.15) is 4.98 Å². The number of nitrogens with one attached hydrogen (secondary N) is 1. The summed E-state index contributed by atoms with van der Waals surface area (Å²) in [5.41, 5.74) is 4.32. The summed E-state index contributed by atoms with van der Waals surface area (Å²) < 4.78 is 5.68. The molecule has 8 nitrogen and oxygen atoms in total. The van der Waals surface area contributed by atoms with Crippen molar-refractivity contribution in [2.24, 2.45) is 5.41 Å². The van der Waals surface area contributed by atoms with E-state index < -0.39 is 0 Å². The molecular formula is C24H29N7O. The Hall–Kier alpha value is -3.03. The highest BCUT2D eigenvalue weighted by molar-refractivity contribution is 5.69. The standard InChI is InChI=1S/C24H29N7O/c1-12(2)20-29-23(32-30-20)16-10-19-24(16)9-8-18(24)31(19)22-14(4)21(25-11-26-22)28-17-7-6-13(3)27-15(17)5/h6-7,11-12,16,18-19H,8-10H2,1-5H3,(H,25,26,28). The maximum atomic E-state index is 5.68. The van der Waals surface area contributed by atoms with Gasteiger partial charge in [0.25, 0.3) is 0 Å². The highest BCUT2D eigenvalue weighted by Gasteiger charge is 2.77. The molecule has 0 bridgehead atoms. The van der Waals surface area contributed by atoms with Gasteiger partial charge in [-0.05, 0) is 52.2 Å². The van der Waals surface area contributed by atoms with Crippen LogP contribution >= 0.6 is 0 Å². The summed E-state index contributed by atoms with van der Waals surface area (Å²) >= 11 is 0. The molecule has 1 aliphatic heterocycles. The highest BCUT2D eigenvalue weighted by Crippen LogP contribution is 2.74. The van der Waals surface area contributed by atoms with Gasteiger partial charge >= 0.3 is 0 Å². The lowest BCUT2D eigenvalue weighted by atomic mass is 9.38. The maximum absolute atomic E-state index is 5.68. The van der Waals surface area contributed by atoms with Crippen molar-refractivity contribution >= 4 is 17.3 Å². The van der Waals surface area contributed by atoms with Crippen LogP contribution < -0.4 is 10.2 Å². The Bertz CT molecular complexity index is 1200. The van der Waals surface area contributed by atoms with Gasteiger partial charge in [0, 0.05) is 40.6 Å². The largest absolute Gasteiger partial charge is 0.349 e. The number of hydrogen-bond donors (Lipinski definition) is 1. The summed E-state index contributed by atoms with van der Waals surface area (Å²) in [5.74, 6) is 4.20. The molecule has 3 aliphatic rings. The predicted molar refractivity (Wildman–Crippen MR) is 121 cm³/mol. The Morgan fingerprint density at radius 2 is 1.97 bits per heavy atom. The van der Waals surface area contributed by atoms with Crippen molar-refractivity contribution in [1.82, 2.24) is 25.1 Å². The van der Waals surface area contributed by atoms with Crippen LogP contribution in [0.5, 0.6) is 0 Å². The monoisotopic (exact) mass is 431 g/mol. The fraction of sp³-hybridized carbons (Fsp3) is 0.542. The molecule has 2 saturated carbocycles. The number of pyridine rings is 1. The lowest BCUT2D eigenvalue weighted by Gasteiger charge is -2.79. The molecule has 8 heteroatoms. The second-order valence-electron chi connectivity index (χ2n) is 9.91. The molecule has 3 fully saturated rings. The summed E-state index contributed by atoms with van der Waals surface area (Å²) in [6, 6.07) is 5.06. The van der Waals surface area contributed by atoms with E-state index in [2.05, 4.69) is 52.2 Å². The third-order valence-electron chi connectivity index (χ3n) is 7.92. The van der Waals surface area contributed by atoms with Crippen LogP contribution in [0, 0.1) is 26.2 Å². The third-order valence-corrected chi connectivity index (χ3v) is 7.92. The van der Waals surface area contributed by atoms with Gasteiger partial charge in [0.15, 0.2) is 5.82 Å². The number of anilines is 3. The second-order valence-corrected chi connectivity index (χ2v) is 9.91. The van der Waals surface area contributed by atoms with Crippen molar-refractivity contribution in [3.63, 3.8) is 0 Å². The minimum Gasteiger partial charge on any atom is -0.349 e. The first kappa shape index (κ1) is 19.6. The number of piperidine rings is 2. The lowest BCUT2D eigenvalue weighted by Crippen LogP contribution is -2.85. The summed E-state index contributed by atoms with van der Waals surface area (Å²) in [7, 11) is 0. The molecule has 1 spiro atoms. The van der Waals surface area contributed by atoms with E-state index >= 15 is 0 Å². The van der Waals surface area contributed by atoms with Gasteiger partial charge in [-0.25, -0.2) is 9.97 Å². The van der Waals surface area contributed by atoms with Crippen molar-refractivity contribution in [2.45, 2.75) is 77.8 Å². The highest BCUT2D eigenvalue weighted by atomic mass is 16.5. The van der Waals surface area contributed by atoms with E-state index in [1.807, 2.05) is 19.9 Å². The van der Waals surface area contributed by atoms with Crippen LogP contribution in [0.15, 0.2) is 23.0 Å². The number of nitrogens with zero attached hydrogens (tertiary/aromatic N) is 6. The Balaban J connectivity index is 1.25. The minimum atomic E-state index is 0.281. The molecule has 1 saturated heterocycles. The van der Waals surface area contributed by atoms with E-state index in [0.717, 1.165) is 52.4 Å². The van der Waals surface area contributed by atoms with Gasteiger partial charge in [-0.1, -0.05) is 19.0 Å². The molecule has 3 aromatic heterocycles. The molecule has 166 valence electrons. The quantitative estimate of drug-likeness (QED) is 0.628. The van der Waals surface area contributed by atoms with Crippen molar-refractivity contribution in [3.05, 3.63) is 47.1 Å². The summed E-state index contributed by atoms with van der Waals surface area (Å²) in [5, 5.41) is 7.68. The van der Waals surface area contributed by atoms with Gasteiger partial charge in [-0.3, -0.25) is 4.98 Å². The SMILES string of the molecule is Cc1ccc(Nc2ncnc(N3C4CCC45C(c4nc(C(C)C)no4)CC35)c2C)c(C)n1. The summed E-state index contributed by atoms with van der Waals surface area (Å²) in [6.45, 7) is 10.3. The fourth-order valence-corrected chi connectivity index (χ4v) is 6.06. The smallest absolute Gasteiger partial charge is 0.230 e. The molecule has 4 atom stereocenters. The molecule has 1 N–H and O–H groups in total. The van der Waals surface area contributed by atoms with Crippen LogP contribution in [0.2, 0.25) is 0 Å². The van der Waals surface area contributed by atoms with E-state index in [1.54, 1.807) is 6.33 Å². The average Bonchev–Trinajstić information content (AvgIpc) is 3.19. The molecule has 0 aromatic carbocycles. The first-order valence-electron chi connectivity index (χ1n) is 11.5. The van der Waals surface area contributed by atoms with Crippen molar-refractivity contribution < 1.29 is 4.52 Å². The summed E-state index contributed by atoms with van der Waals surface area (Å²) in [6.07, 6.45) is 5.13. The number of hydrogen-bond acceptors (Lipinski definition) is 8. The molecule has 32 heavy (non-hydrogen) atoms. The summed E-state index contributed by atoms with van der Waals surface area (Å²) in [4.78, 5) is 21.0. The van der Waals surface area contributed by atoms with Crippen LogP contribution in [0.3, 0.4) is 0 Å². The van der Waals surface area contributed by atoms with Crippen molar-refractivity contribution in [2.75, 3.05) is 10.2 Å². The van der Waals surface area contributed by atoms with Crippen LogP contribution in [-0.4, -0.2) is 37.2 Å². The molecule has 6 rings (SSSR count). The van der Waals surface area contributed by atoms with E-state index in [-0.39, 0.29) is 11.3 Å². The minimum absolute atomic E-state index is 0.281. The number of rotatable bonds is 5. The van der Waals surface area contributed by atoms with Gasteiger partial charge < -0.3 is 14.7 Å². The lowest BCUT2D eigenvalue weighted by molar-refractivity contribution is -0.148. The van der Waals surface area contributed by atoms with E-state index in [0.29, 0.717) is 18.0 Å². The van der Waals surface area contributed by atoms with Crippen LogP contribution in [0.1, 0.15) is 73.6 Å². The molecule has 3 aromatic rings.